The smallest absolute Gasteiger partial charge is 0.254 e. The summed E-state index contributed by atoms with van der Waals surface area (Å²) in [6.45, 7) is 6.10. The Morgan fingerprint density at radius 2 is 2.00 bits per heavy atom. The number of rotatable bonds is 6. The minimum absolute atomic E-state index is 0.0772. The molecule has 0 spiro atoms. The zero-order valence-electron chi connectivity index (χ0n) is 14.4. The molecule has 3 rings (SSSR count). The van der Waals surface area contributed by atoms with Crippen molar-refractivity contribution in [1.82, 2.24) is 15.2 Å². The van der Waals surface area contributed by atoms with Crippen LogP contribution in [0.3, 0.4) is 0 Å². The molecular formula is C19H23N3O2S. The lowest BCUT2D eigenvalue weighted by Gasteiger charge is -2.32. The molecule has 5 nitrogen and oxygen atoms in total. The Bertz CT molecular complexity index is 690. The fraction of sp³-hybridized carbons (Fsp3) is 0.368. The number of benzene rings is 1. The molecule has 0 aliphatic carbocycles. The normalized spacial score (nSPS) is 16.4. The van der Waals surface area contributed by atoms with E-state index in [1.807, 2.05) is 36.4 Å². The van der Waals surface area contributed by atoms with Crippen molar-refractivity contribution in [2.45, 2.75) is 22.9 Å². The number of hydrogen-bond donors (Lipinski definition) is 1. The number of aromatic nitrogens is 1. The zero-order valence-corrected chi connectivity index (χ0v) is 15.2. The van der Waals surface area contributed by atoms with Crippen LogP contribution in [-0.2, 0) is 4.74 Å². The van der Waals surface area contributed by atoms with Crippen LogP contribution >= 0.6 is 11.8 Å². The van der Waals surface area contributed by atoms with E-state index in [1.54, 1.807) is 12.3 Å². The second-order valence-electron chi connectivity index (χ2n) is 5.98. The molecule has 1 aliphatic heterocycles. The van der Waals surface area contributed by atoms with Crippen LogP contribution in [0.15, 0.2) is 58.6 Å². The van der Waals surface area contributed by atoms with E-state index in [0.29, 0.717) is 12.1 Å². The fourth-order valence-electron chi connectivity index (χ4n) is 2.73. The summed E-state index contributed by atoms with van der Waals surface area (Å²) >= 11 is 1.51. The number of pyridine rings is 1. The number of hydrogen-bond acceptors (Lipinski definition) is 5. The Balaban J connectivity index is 1.62. The number of nitrogens with one attached hydrogen (secondary N) is 1. The third kappa shape index (κ3) is 5.04. The van der Waals surface area contributed by atoms with E-state index in [1.165, 1.54) is 11.8 Å². The van der Waals surface area contributed by atoms with Crippen molar-refractivity contribution in [3.8, 4) is 0 Å². The van der Waals surface area contributed by atoms with Crippen molar-refractivity contribution in [2.75, 3.05) is 32.8 Å². The van der Waals surface area contributed by atoms with Crippen molar-refractivity contribution < 1.29 is 9.53 Å². The summed E-state index contributed by atoms with van der Waals surface area (Å²) in [4.78, 5) is 20.4. The number of carbonyl (C=O) groups is 1. The van der Waals surface area contributed by atoms with Gasteiger partial charge in [0.25, 0.3) is 5.91 Å². The molecule has 0 bridgehead atoms. The Morgan fingerprint density at radius 3 is 2.76 bits per heavy atom. The van der Waals surface area contributed by atoms with Crippen LogP contribution in [0.5, 0.6) is 0 Å². The monoisotopic (exact) mass is 357 g/mol. The van der Waals surface area contributed by atoms with Crippen LogP contribution in [0.4, 0.5) is 0 Å². The van der Waals surface area contributed by atoms with Crippen LogP contribution in [0.2, 0.25) is 0 Å². The first-order valence-corrected chi connectivity index (χ1v) is 9.33. The molecule has 0 radical (unpaired) electrons. The SMILES string of the molecule is CC(CNC(=O)c1cccnc1Sc1ccccc1)N1CCOCC1. The van der Waals surface area contributed by atoms with E-state index < -0.39 is 0 Å². The number of ether oxygens (including phenoxy) is 1. The highest BCUT2D eigenvalue weighted by Gasteiger charge is 2.19. The second-order valence-corrected chi connectivity index (χ2v) is 7.04. The van der Waals surface area contributed by atoms with Gasteiger partial charge in [0, 0.05) is 36.8 Å². The summed E-state index contributed by atoms with van der Waals surface area (Å²) in [7, 11) is 0. The maximum Gasteiger partial charge on any atom is 0.254 e. The van der Waals surface area contributed by atoms with Gasteiger partial charge in [-0.3, -0.25) is 9.69 Å². The minimum atomic E-state index is -0.0772. The van der Waals surface area contributed by atoms with Gasteiger partial charge in [-0.05, 0) is 31.2 Å². The quantitative estimate of drug-likeness (QED) is 0.861. The lowest BCUT2D eigenvalue weighted by atomic mass is 10.2. The summed E-state index contributed by atoms with van der Waals surface area (Å²) in [5.41, 5.74) is 0.616. The zero-order chi connectivity index (χ0) is 17.5. The highest BCUT2D eigenvalue weighted by molar-refractivity contribution is 7.99. The van der Waals surface area contributed by atoms with Gasteiger partial charge in [-0.1, -0.05) is 30.0 Å². The van der Waals surface area contributed by atoms with Gasteiger partial charge in [-0.25, -0.2) is 4.98 Å². The molecule has 1 aliphatic rings. The molecule has 132 valence electrons. The van der Waals surface area contributed by atoms with Crippen molar-refractivity contribution in [2.24, 2.45) is 0 Å². The Kier molecular flexibility index (Phi) is 6.44. The molecule has 1 atom stereocenters. The molecule has 1 unspecified atom stereocenters. The molecule has 2 aromatic rings. The standard InChI is InChI=1S/C19H23N3O2S/c1-15(22-10-12-24-13-11-22)14-21-18(23)17-8-5-9-20-19(17)25-16-6-3-2-4-7-16/h2-9,15H,10-14H2,1H3,(H,21,23). The van der Waals surface area contributed by atoms with Gasteiger partial charge in [0.15, 0.2) is 0 Å². The summed E-state index contributed by atoms with van der Waals surface area (Å²) in [6.07, 6.45) is 1.72. The summed E-state index contributed by atoms with van der Waals surface area (Å²) in [5.74, 6) is -0.0772. The van der Waals surface area contributed by atoms with Gasteiger partial charge < -0.3 is 10.1 Å². The number of nitrogens with zero attached hydrogens (tertiary/aromatic N) is 2. The van der Waals surface area contributed by atoms with E-state index >= 15 is 0 Å². The Labute approximate surface area is 152 Å². The molecule has 2 heterocycles. The number of carbonyl (C=O) groups excluding carboxylic acids is 1. The maximum absolute atomic E-state index is 12.6. The molecule has 1 aromatic heterocycles. The van der Waals surface area contributed by atoms with Crippen molar-refractivity contribution >= 4 is 17.7 Å². The minimum Gasteiger partial charge on any atom is -0.379 e. The molecule has 1 fully saturated rings. The van der Waals surface area contributed by atoms with Crippen LogP contribution in [0.25, 0.3) is 0 Å². The van der Waals surface area contributed by atoms with Crippen LogP contribution < -0.4 is 5.32 Å². The first-order chi connectivity index (χ1) is 12.2. The molecule has 1 amide bonds. The Morgan fingerprint density at radius 1 is 1.24 bits per heavy atom. The summed E-state index contributed by atoms with van der Waals surface area (Å²) in [6, 6.07) is 13.9. The van der Waals surface area contributed by atoms with E-state index in [0.717, 1.165) is 36.2 Å². The number of morpholine rings is 1. The van der Waals surface area contributed by atoms with Crippen LogP contribution in [0, 0.1) is 0 Å². The van der Waals surface area contributed by atoms with Gasteiger partial charge in [-0.2, -0.15) is 0 Å². The number of amides is 1. The highest BCUT2D eigenvalue weighted by Crippen LogP contribution is 2.28. The van der Waals surface area contributed by atoms with Gasteiger partial charge in [0.1, 0.15) is 5.03 Å². The Hall–Kier alpha value is -1.89. The third-order valence-electron chi connectivity index (χ3n) is 4.20. The molecule has 1 N–H and O–H groups in total. The van der Waals surface area contributed by atoms with E-state index in [4.69, 9.17) is 4.74 Å². The first kappa shape index (κ1) is 17.9. The molecular weight excluding hydrogens is 334 g/mol. The topological polar surface area (TPSA) is 54.5 Å². The maximum atomic E-state index is 12.6. The summed E-state index contributed by atoms with van der Waals surface area (Å²) in [5, 5.41) is 3.77. The van der Waals surface area contributed by atoms with E-state index in [2.05, 4.69) is 22.1 Å². The fourth-order valence-corrected chi connectivity index (χ4v) is 3.63. The lowest BCUT2D eigenvalue weighted by Crippen LogP contribution is -2.47. The van der Waals surface area contributed by atoms with Gasteiger partial charge in [-0.15, -0.1) is 0 Å². The summed E-state index contributed by atoms with van der Waals surface area (Å²) < 4.78 is 5.38. The van der Waals surface area contributed by atoms with Gasteiger partial charge in [0.05, 0.1) is 18.8 Å². The predicted molar refractivity (Wildman–Crippen MR) is 99.0 cm³/mol. The largest absolute Gasteiger partial charge is 0.379 e. The molecule has 1 aromatic carbocycles. The van der Waals surface area contributed by atoms with E-state index in [-0.39, 0.29) is 11.9 Å². The average molecular weight is 357 g/mol. The highest BCUT2D eigenvalue weighted by atomic mass is 32.2. The van der Waals surface area contributed by atoms with Crippen molar-refractivity contribution in [1.29, 1.82) is 0 Å². The van der Waals surface area contributed by atoms with Gasteiger partial charge in [0.2, 0.25) is 0 Å². The lowest BCUT2D eigenvalue weighted by molar-refractivity contribution is 0.0204. The average Bonchev–Trinajstić information content (AvgIpc) is 2.68. The third-order valence-corrected chi connectivity index (χ3v) is 5.23. The van der Waals surface area contributed by atoms with Crippen LogP contribution in [-0.4, -0.2) is 54.7 Å². The molecule has 0 saturated carbocycles. The van der Waals surface area contributed by atoms with Crippen molar-refractivity contribution in [3.63, 3.8) is 0 Å². The predicted octanol–water partition coefficient (Wildman–Crippen LogP) is 2.68. The molecule has 25 heavy (non-hydrogen) atoms. The van der Waals surface area contributed by atoms with E-state index in [9.17, 15) is 4.79 Å². The van der Waals surface area contributed by atoms with Crippen LogP contribution in [0.1, 0.15) is 17.3 Å². The molecule has 1 saturated heterocycles. The molecule has 6 heteroatoms. The van der Waals surface area contributed by atoms with Gasteiger partial charge >= 0.3 is 0 Å². The first-order valence-electron chi connectivity index (χ1n) is 8.52. The second kappa shape index (κ2) is 8.99. The van der Waals surface area contributed by atoms with Crippen molar-refractivity contribution in [3.05, 3.63) is 54.2 Å².